The van der Waals surface area contributed by atoms with Gasteiger partial charge in [0.15, 0.2) is 5.78 Å². The predicted molar refractivity (Wildman–Crippen MR) is 107 cm³/mol. The molecule has 2 N–H and O–H groups in total. The van der Waals surface area contributed by atoms with E-state index in [1.807, 2.05) is 51.1 Å². The number of halogens is 1. The second-order valence-electron chi connectivity index (χ2n) is 5.74. The number of ketones is 1. The van der Waals surface area contributed by atoms with Gasteiger partial charge in [0.25, 0.3) is 0 Å². The summed E-state index contributed by atoms with van der Waals surface area (Å²) in [6.45, 7) is 7.56. The Morgan fingerprint density at radius 2 is 1.84 bits per heavy atom. The predicted octanol–water partition coefficient (Wildman–Crippen LogP) is 4.50. The molecule has 0 aliphatic carbocycles. The lowest BCUT2D eigenvalue weighted by molar-refractivity contribution is -0.116. The summed E-state index contributed by atoms with van der Waals surface area (Å²) in [5.74, 6) is -0.0927. The highest BCUT2D eigenvalue weighted by Gasteiger charge is 2.14. The Balaban J connectivity index is 0.00000312. The average molecular weight is 381 g/mol. The summed E-state index contributed by atoms with van der Waals surface area (Å²) in [5.41, 5.74) is 2.60. The maximum absolute atomic E-state index is 12.3. The van der Waals surface area contributed by atoms with Gasteiger partial charge < -0.3 is 10.6 Å². The van der Waals surface area contributed by atoms with Crippen molar-refractivity contribution in [2.75, 3.05) is 11.9 Å². The van der Waals surface area contributed by atoms with E-state index in [9.17, 15) is 9.59 Å². The fourth-order valence-corrected chi connectivity index (χ4v) is 3.48. The molecule has 0 aliphatic heterocycles. The fraction of sp³-hybridized carbons (Fsp3) is 0.368. The maximum atomic E-state index is 12.3. The zero-order valence-corrected chi connectivity index (χ0v) is 16.5. The molecule has 2 rings (SSSR count). The Bertz CT molecular complexity index is 728. The van der Waals surface area contributed by atoms with Crippen LogP contribution in [0.25, 0.3) is 0 Å². The smallest absolute Gasteiger partial charge is 0.224 e. The molecule has 1 amide bonds. The van der Waals surface area contributed by atoms with Crippen LogP contribution in [0, 0.1) is 13.8 Å². The largest absolute Gasteiger partial charge is 0.326 e. The van der Waals surface area contributed by atoms with E-state index in [-0.39, 0.29) is 36.9 Å². The number of nitrogens with one attached hydrogen (secondary N) is 2. The van der Waals surface area contributed by atoms with Gasteiger partial charge in [-0.15, -0.1) is 23.7 Å². The highest BCUT2D eigenvalue weighted by Crippen LogP contribution is 2.22. The number of Topliss-reactive ketones (excluding diaryl/α,β-unsaturated/α-hetero) is 1. The minimum Gasteiger partial charge on any atom is -0.326 e. The van der Waals surface area contributed by atoms with Crippen LogP contribution in [-0.2, 0) is 11.3 Å². The van der Waals surface area contributed by atoms with E-state index in [0.717, 1.165) is 33.1 Å². The molecule has 1 aromatic carbocycles. The molecule has 0 saturated heterocycles. The van der Waals surface area contributed by atoms with Gasteiger partial charge in [-0.2, -0.15) is 0 Å². The van der Waals surface area contributed by atoms with E-state index >= 15 is 0 Å². The topological polar surface area (TPSA) is 58.2 Å². The van der Waals surface area contributed by atoms with Crippen molar-refractivity contribution in [3.05, 3.63) is 51.2 Å². The van der Waals surface area contributed by atoms with Crippen LogP contribution in [0.3, 0.4) is 0 Å². The lowest BCUT2D eigenvalue weighted by atomic mass is 10.1. The number of anilines is 1. The molecule has 0 radical (unpaired) electrons. The summed E-state index contributed by atoms with van der Waals surface area (Å²) in [6, 6.07) is 9.63. The Labute approximate surface area is 159 Å². The molecule has 0 bridgehead atoms. The van der Waals surface area contributed by atoms with Gasteiger partial charge in [-0.1, -0.05) is 25.1 Å². The minimum absolute atomic E-state index is 0. The molecule has 0 saturated carbocycles. The number of thiophene rings is 1. The molecule has 136 valence electrons. The van der Waals surface area contributed by atoms with Gasteiger partial charge in [-0.3, -0.25) is 9.59 Å². The normalized spacial score (nSPS) is 10.2. The van der Waals surface area contributed by atoms with Gasteiger partial charge in [0.1, 0.15) is 0 Å². The Morgan fingerprint density at radius 1 is 1.12 bits per heavy atom. The van der Waals surface area contributed by atoms with E-state index in [1.165, 1.54) is 0 Å². The van der Waals surface area contributed by atoms with Gasteiger partial charge in [0.05, 0.1) is 0 Å². The first-order valence-electron chi connectivity index (χ1n) is 8.20. The van der Waals surface area contributed by atoms with Crippen molar-refractivity contribution < 1.29 is 9.59 Å². The molecule has 0 spiro atoms. The van der Waals surface area contributed by atoms with Crippen LogP contribution in [-0.4, -0.2) is 18.2 Å². The maximum Gasteiger partial charge on any atom is 0.224 e. The zero-order valence-electron chi connectivity index (χ0n) is 14.8. The minimum atomic E-state index is -0.128. The summed E-state index contributed by atoms with van der Waals surface area (Å²) >= 11 is 1.62. The van der Waals surface area contributed by atoms with Crippen molar-refractivity contribution in [2.45, 2.75) is 40.2 Å². The van der Waals surface area contributed by atoms with Crippen molar-refractivity contribution in [3.8, 4) is 0 Å². The van der Waals surface area contributed by atoms with Crippen molar-refractivity contribution >= 4 is 41.1 Å². The lowest BCUT2D eigenvalue weighted by Gasteiger charge is -2.11. The van der Waals surface area contributed by atoms with E-state index < -0.39 is 0 Å². The Kier molecular flexibility index (Phi) is 8.83. The van der Waals surface area contributed by atoms with E-state index in [4.69, 9.17) is 0 Å². The highest BCUT2D eigenvalue weighted by molar-refractivity contribution is 7.12. The first-order valence-corrected chi connectivity index (χ1v) is 9.01. The molecular weight excluding hydrogens is 356 g/mol. The van der Waals surface area contributed by atoms with E-state index in [1.54, 1.807) is 11.3 Å². The highest BCUT2D eigenvalue weighted by atomic mass is 35.5. The standard InChI is InChI=1S/C19H24N2O2S.ClH/c1-4-20-12-15-7-5-6-8-17(15)21-19(23)10-9-18(22)16-11-13(2)24-14(16)3;/h5-8,11,20H,4,9-10,12H2,1-3H3,(H,21,23);1H. The van der Waals surface area contributed by atoms with Crippen LogP contribution in [0.15, 0.2) is 30.3 Å². The first kappa shape index (κ1) is 21.4. The monoisotopic (exact) mass is 380 g/mol. The number of rotatable bonds is 8. The molecule has 6 heteroatoms. The number of benzene rings is 1. The number of aryl methyl sites for hydroxylation is 2. The average Bonchev–Trinajstić information content (AvgIpc) is 2.90. The molecule has 0 fully saturated rings. The van der Waals surface area contributed by atoms with Crippen LogP contribution >= 0.6 is 23.7 Å². The lowest BCUT2D eigenvalue weighted by Crippen LogP contribution is -2.17. The Hall–Kier alpha value is -1.69. The van der Waals surface area contributed by atoms with Crippen molar-refractivity contribution in [1.82, 2.24) is 5.32 Å². The number of carbonyl (C=O) groups excluding carboxylic acids is 2. The number of para-hydroxylation sites is 1. The molecule has 1 heterocycles. The van der Waals surface area contributed by atoms with Crippen LogP contribution in [0.1, 0.15) is 45.4 Å². The molecule has 0 unspecified atom stereocenters. The summed E-state index contributed by atoms with van der Waals surface area (Å²) in [4.78, 5) is 26.6. The van der Waals surface area contributed by atoms with Crippen molar-refractivity contribution in [2.24, 2.45) is 0 Å². The molecule has 0 aliphatic rings. The second-order valence-corrected chi connectivity index (χ2v) is 7.20. The van der Waals surface area contributed by atoms with Crippen molar-refractivity contribution in [3.63, 3.8) is 0 Å². The van der Waals surface area contributed by atoms with E-state index in [0.29, 0.717) is 6.54 Å². The van der Waals surface area contributed by atoms with Crippen LogP contribution < -0.4 is 10.6 Å². The number of amides is 1. The van der Waals surface area contributed by atoms with Gasteiger partial charge in [0, 0.05) is 40.4 Å². The quantitative estimate of drug-likeness (QED) is 0.663. The number of hydrogen-bond acceptors (Lipinski definition) is 4. The summed E-state index contributed by atoms with van der Waals surface area (Å²) in [5, 5.41) is 6.17. The fourth-order valence-electron chi connectivity index (χ4n) is 2.54. The second kappa shape index (κ2) is 10.3. The van der Waals surface area contributed by atoms with Gasteiger partial charge in [-0.05, 0) is 38.1 Å². The van der Waals surface area contributed by atoms with Gasteiger partial charge in [0.2, 0.25) is 5.91 Å². The number of hydrogen-bond donors (Lipinski definition) is 2. The first-order chi connectivity index (χ1) is 11.5. The summed E-state index contributed by atoms with van der Waals surface area (Å²) in [6.07, 6.45) is 0.431. The third-order valence-corrected chi connectivity index (χ3v) is 4.74. The molecule has 1 aromatic heterocycles. The van der Waals surface area contributed by atoms with Crippen molar-refractivity contribution in [1.29, 1.82) is 0 Å². The van der Waals surface area contributed by atoms with Crippen LogP contribution in [0.5, 0.6) is 0 Å². The molecular formula is C19H25ClN2O2S. The molecule has 4 nitrogen and oxygen atoms in total. The SMILES string of the molecule is CCNCc1ccccc1NC(=O)CCC(=O)c1cc(C)sc1C.Cl. The zero-order chi connectivity index (χ0) is 17.5. The van der Waals surface area contributed by atoms with Crippen LogP contribution in [0.4, 0.5) is 5.69 Å². The molecule has 0 atom stereocenters. The summed E-state index contributed by atoms with van der Waals surface area (Å²) in [7, 11) is 0. The van der Waals surface area contributed by atoms with Gasteiger partial charge >= 0.3 is 0 Å². The molecule has 25 heavy (non-hydrogen) atoms. The van der Waals surface area contributed by atoms with Crippen LogP contribution in [0.2, 0.25) is 0 Å². The third-order valence-electron chi connectivity index (χ3n) is 3.78. The third kappa shape index (κ3) is 6.27. The summed E-state index contributed by atoms with van der Waals surface area (Å²) < 4.78 is 0. The molecule has 2 aromatic rings. The van der Waals surface area contributed by atoms with Gasteiger partial charge in [-0.25, -0.2) is 0 Å². The van der Waals surface area contributed by atoms with E-state index in [2.05, 4.69) is 10.6 Å². The number of carbonyl (C=O) groups is 2. The Morgan fingerprint density at radius 3 is 2.48 bits per heavy atom.